The van der Waals surface area contributed by atoms with E-state index in [2.05, 4.69) is 38.7 Å². The maximum absolute atomic E-state index is 10.7. The molecule has 4 nitrogen and oxygen atoms in total. The Hall–Kier alpha value is -1.65. The number of hydrogen-bond acceptors (Lipinski definition) is 3. The van der Waals surface area contributed by atoms with Gasteiger partial charge in [0, 0.05) is 31.2 Å². The monoisotopic (exact) mass is 339 g/mol. The standard InChI is InChI=1S/C21H29N3O/c25-21-15-23(12-11-20(21)17-7-3-1-4-8-17)14-19-13-22-16-24(19)18-9-5-2-6-10-18/h1,3-4,7-8,13,16,18,20-21,25H,2,5-6,9-12,14-15H2/t20-,21+/m0/s1. The molecule has 4 heteroatoms. The van der Waals surface area contributed by atoms with Crippen LogP contribution in [0.1, 0.15) is 61.7 Å². The van der Waals surface area contributed by atoms with Gasteiger partial charge in [0.15, 0.2) is 0 Å². The molecule has 0 unspecified atom stereocenters. The number of piperidine rings is 1. The van der Waals surface area contributed by atoms with Crippen molar-refractivity contribution in [3.63, 3.8) is 0 Å². The SMILES string of the molecule is O[C@@H]1CN(Cc2cncn2C2CCCCC2)CC[C@H]1c1ccccc1. The van der Waals surface area contributed by atoms with E-state index in [9.17, 15) is 5.11 Å². The molecule has 2 aromatic rings. The zero-order valence-corrected chi connectivity index (χ0v) is 14.9. The molecule has 1 saturated heterocycles. The highest BCUT2D eigenvalue weighted by atomic mass is 16.3. The molecule has 1 aromatic heterocycles. The minimum Gasteiger partial charge on any atom is -0.391 e. The molecule has 2 atom stereocenters. The quantitative estimate of drug-likeness (QED) is 0.922. The number of aliphatic hydroxyl groups is 1. The summed E-state index contributed by atoms with van der Waals surface area (Å²) in [5, 5.41) is 10.7. The first-order chi connectivity index (χ1) is 12.3. The van der Waals surface area contributed by atoms with Gasteiger partial charge in [0.05, 0.1) is 18.1 Å². The molecule has 2 heterocycles. The molecule has 0 spiro atoms. The average Bonchev–Trinajstić information content (AvgIpc) is 3.11. The molecular weight excluding hydrogens is 310 g/mol. The molecule has 0 amide bonds. The van der Waals surface area contributed by atoms with Crippen LogP contribution in [0.3, 0.4) is 0 Å². The second kappa shape index (κ2) is 7.71. The summed E-state index contributed by atoms with van der Waals surface area (Å²) >= 11 is 0. The molecule has 1 aliphatic carbocycles. The van der Waals surface area contributed by atoms with E-state index in [1.807, 2.05) is 18.6 Å². The lowest BCUT2D eigenvalue weighted by Crippen LogP contribution is -2.42. The van der Waals surface area contributed by atoms with Crippen molar-refractivity contribution < 1.29 is 5.11 Å². The Labute approximate surface area is 150 Å². The maximum atomic E-state index is 10.7. The number of imidazole rings is 1. The Morgan fingerprint density at radius 2 is 1.84 bits per heavy atom. The number of β-amino-alcohol motifs (C(OH)–C–C–N with tert-alkyl or cyclic N) is 1. The van der Waals surface area contributed by atoms with E-state index in [0.29, 0.717) is 6.04 Å². The van der Waals surface area contributed by atoms with Gasteiger partial charge in [-0.1, -0.05) is 49.6 Å². The number of aliphatic hydroxyl groups excluding tert-OH is 1. The van der Waals surface area contributed by atoms with Crippen LogP contribution >= 0.6 is 0 Å². The summed E-state index contributed by atoms with van der Waals surface area (Å²) in [6.45, 7) is 2.68. The summed E-state index contributed by atoms with van der Waals surface area (Å²) in [7, 11) is 0. The predicted molar refractivity (Wildman–Crippen MR) is 99.4 cm³/mol. The highest BCUT2D eigenvalue weighted by Gasteiger charge is 2.29. The Bertz CT molecular complexity index is 663. The number of aromatic nitrogens is 2. The zero-order chi connectivity index (χ0) is 17.1. The van der Waals surface area contributed by atoms with Crippen molar-refractivity contribution in [3.05, 3.63) is 54.1 Å². The van der Waals surface area contributed by atoms with Crippen LogP contribution in [0.25, 0.3) is 0 Å². The zero-order valence-electron chi connectivity index (χ0n) is 14.9. The molecule has 1 N–H and O–H groups in total. The van der Waals surface area contributed by atoms with E-state index in [1.165, 1.54) is 43.4 Å². The van der Waals surface area contributed by atoms with Gasteiger partial charge in [0.1, 0.15) is 0 Å². The largest absolute Gasteiger partial charge is 0.391 e. The third kappa shape index (κ3) is 3.80. The van der Waals surface area contributed by atoms with Gasteiger partial charge in [0.25, 0.3) is 0 Å². The minimum absolute atomic E-state index is 0.265. The van der Waals surface area contributed by atoms with Gasteiger partial charge in [-0.2, -0.15) is 0 Å². The molecule has 2 fully saturated rings. The van der Waals surface area contributed by atoms with E-state index in [4.69, 9.17) is 0 Å². The van der Waals surface area contributed by atoms with Crippen LogP contribution in [0.4, 0.5) is 0 Å². The van der Waals surface area contributed by atoms with Crippen LogP contribution < -0.4 is 0 Å². The fourth-order valence-electron chi connectivity index (χ4n) is 4.60. The number of likely N-dealkylation sites (tertiary alicyclic amines) is 1. The molecule has 1 saturated carbocycles. The number of nitrogens with zero attached hydrogens (tertiary/aromatic N) is 3. The van der Waals surface area contributed by atoms with Crippen molar-refractivity contribution in [2.75, 3.05) is 13.1 Å². The first kappa shape index (κ1) is 16.8. The Morgan fingerprint density at radius 3 is 2.60 bits per heavy atom. The highest BCUT2D eigenvalue weighted by Crippen LogP contribution is 2.31. The molecule has 2 aliphatic rings. The number of hydrogen-bond donors (Lipinski definition) is 1. The van der Waals surface area contributed by atoms with E-state index >= 15 is 0 Å². The van der Waals surface area contributed by atoms with Crippen molar-refractivity contribution in [1.29, 1.82) is 0 Å². The van der Waals surface area contributed by atoms with Crippen molar-refractivity contribution >= 4 is 0 Å². The molecule has 0 bridgehead atoms. The lowest BCUT2D eigenvalue weighted by Gasteiger charge is -2.36. The van der Waals surface area contributed by atoms with Gasteiger partial charge in [-0.05, 0) is 31.4 Å². The Kier molecular flexibility index (Phi) is 5.18. The molecule has 4 rings (SSSR count). The summed E-state index contributed by atoms with van der Waals surface area (Å²) in [4.78, 5) is 6.81. The van der Waals surface area contributed by atoms with Gasteiger partial charge in [0.2, 0.25) is 0 Å². The Balaban J connectivity index is 1.39. The molecule has 1 aliphatic heterocycles. The van der Waals surface area contributed by atoms with Crippen molar-refractivity contribution in [2.45, 2.75) is 63.1 Å². The lowest BCUT2D eigenvalue weighted by atomic mass is 9.87. The van der Waals surface area contributed by atoms with Crippen LogP contribution in [0, 0.1) is 0 Å². The Morgan fingerprint density at radius 1 is 1.04 bits per heavy atom. The van der Waals surface area contributed by atoms with E-state index in [-0.39, 0.29) is 12.0 Å². The van der Waals surface area contributed by atoms with Gasteiger partial charge < -0.3 is 9.67 Å². The number of benzene rings is 1. The second-order valence-corrected chi connectivity index (χ2v) is 7.69. The van der Waals surface area contributed by atoms with Crippen LogP contribution in [-0.2, 0) is 6.54 Å². The maximum Gasteiger partial charge on any atom is 0.0951 e. The summed E-state index contributed by atoms with van der Waals surface area (Å²) in [6, 6.07) is 11.1. The van der Waals surface area contributed by atoms with Gasteiger partial charge >= 0.3 is 0 Å². The van der Waals surface area contributed by atoms with Gasteiger partial charge in [-0.3, -0.25) is 4.90 Å². The summed E-state index contributed by atoms with van der Waals surface area (Å²) in [6.07, 6.45) is 11.4. The van der Waals surface area contributed by atoms with Crippen LogP contribution in [0.15, 0.2) is 42.9 Å². The minimum atomic E-state index is -0.290. The average molecular weight is 339 g/mol. The fourth-order valence-corrected chi connectivity index (χ4v) is 4.60. The number of rotatable bonds is 4. The van der Waals surface area contributed by atoms with E-state index in [0.717, 1.165) is 26.1 Å². The van der Waals surface area contributed by atoms with Gasteiger partial charge in [-0.25, -0.2) is 4.98 Å². The first-order valence-corrected chi connectivity index (χ1v) is 9.77. The summed E-state index contributed by atoms with van der Waals surface area (Å²) in [5.74, 6) is 0.265. The van der Waals surface area contributed by atoms with Crippen LogP contribution in [0.5, 0.6) is 0 Å². The molecular formula is C21H29N3O. The summed E-state index contributed by atoms with van der Waals surface area (Å²) < 4.78 is 2.40. The predicted octanol–water partition coefficient (Wildman–Crippen LogP) is 3.74. The lowest BCUT2D eigenvalue weighted by molar-refractivity contribution is 0.0463. The smallest absolute Gasteiger partial charge is 0.0951 e. The fraction of sp³-hybridized carbons (Fsp3) is 0.571. The van der Waals surface area contributed by atoms with Crippen LogP contribution in [-0.4, -0.2) is 38.8 Å². The third-order valence-corrected chi connectivity index (χ3v) is 5.99. The molecule has 1 aromatic carbocycles. The first-order valence-electron chi connectivity index (χ1n) is 9.77. The molecule has 0 radical (unpaired) electrons. The van der Waals surface area contributed by atoms with Crippen molar-refractivity contribution in [2.24, 2.45) is 0 Å². The molecule has 25 heavy (non-hydrogen) atoms. The topological polar surface area (TPSA) is 41.3 Å². The van der Waals surface area contributed by atoms with Crippen molar-refractivity contribution in [1.82, 2.24) is 14.5 Å². The van der Waals surface area contributed by atoms with E-state index < -0.39 is 0 Å². The van der Waals surface area contributed by atoms with Crippen LogP contribution in [0.2, 0.25) is 0 Å². The highest BCUT2D eigenvalue weighted by molar-refractivity contribution is 5.21. The summed E-state index contributed by atoms with van der Waals surface area (Å²) in [5.41, 5.74) is 2.57. The normalized spacial score (nSPS) is 26.0. The van der Waals surface area contributed by atoms with Crippen molar-refractivity contribution in [3.8, 4) is 0 Å². The van der Waals surface area contributed by atoms with Gasteiger partial charge in [-0.15, -0.1) is 0 Å². The molecule has 134 valence electrons. The third-order valence-electron chi connectivity index (χ3n) is 5.99. The van der Waals surface area contributed by atoms with E-state index in [1.54, 1.807) is 0 Å². The second-order valence-electron chi connectivity index (χ2n) is 7.69.